The summed E-state index contributed by atoms with van der Waals surface area (Å²) in [5.74, 6) is 5.02. The maximum absolute atomic E-state index is 6.02. The molecule has 0 aromatic heterocycles. The molecule has 0 saturated heterocycles. The van der Waals surface area contributed by atoms with Crippen LogP contribution in [0.15, 0.2) is 24.3 Å². The number of para-hydroxylation sites is 2. The first-order valence-corrected chi connectivity index (χ1v) is 7.88. The Kier molecular flexibility index (Phi) is 2.71. The first kappa shape index (κ1) is 11.6. The maximum atomic E-state index is 6.02. The van der Waals surface area contributed by atoms with Gasteiger partial charge in [-0.2, -0.15) is 0 Å². The standard InChI is InChI=1S/C17H24N2/c18-16-3-1-2-4-17(16)19-10-15-13-6-11-5-12(8-13)9-14(15)7-11/h1-4,11-15,19H,5-10,18H2. The second kappa shape index (κ2) is 4.43. The molecule has 4 aliphatic carbocycles. The molecular weight excluding hydrogens is 232 g/mol. The van der Waals surface area contributed by atoms with Gasteiger partial charge in [0.1, 0.15) is 0 Å². The van der Waals surface area contributed by atoms with Crippen LogP contribution >= 0.6 is 0 Å². The zero-order valence-electron chi connectivity index (χ0n) is 11.5. The molecule has 4 saturated carbocycles. The minimum absolute atomic E-state index is 0.881. The van der Waals surface area contributed by atoms with Crippen LogP contribution in [-0.4, -0.2) is 6.54 Å². The Morgan fingerprint density at radius 3 is 2.21 bits per heavy atom. The van der Waals surface area contributed by atoms with E-state index in [1.54, 1.807) is 6.42 Å². The molecule has 0 unspecified atom stereocenters. The Bertz CT molecular complexity index is 440. The van der Waals surface area contributed by atoms with Crippen molar-refractivity contribution in [3.05, 3.63) is 24.3 Å². The number of anilines is 2. The van der Waals surface area contributed by atoms with E-state index in [1.807, 2.05) is 12.1 Å². The van der Waals surface area contributed by atoms with Gasteiger partial charge in [-0.1, -0.05) is 12.1 Å². The SMILES string of the molecule is Nc1ccccc1NCC1C2CC3CC(C2)CC1C3. The van der Waals surface area contributed by atoms with Crippen molar-refractivity contribution in [2.45, 2.75) is 32.1 Å². The second-order valence-electron chi connectivity index (χ2n) is 7.06. The average molecular weight is 256 g/mol. The Labute approximate surface area is 115 Å². The van der Waals surface area contributed by atoms with E-state index < -0.39 is 0 Å². The Morgan fingerprint density at radius 1 is 0.947 bits per heavy atom. The highest BCUT2D eigenvalue weighted by molar-refractivity contribution is 5.65. The first-order valence-electron chi connectivity index (χ1n) is 7.88. The van der Waals surface area contributed by atoms with Crippen LogP contribution in [0.5, 0.6) is 0 Å². The molecule has 0 aliphatic heterocycles. The maximum Gasteiger partial charge on any atom is 0.0574 e. The third-order valence-corrected chi connectivity index (χ3v) is 5.91. The Balaban J connectivity index is 1.45. The van der Waals surface area contributed by atoms with Crippen molar-refractivity contribution in [3.63, 3.8) is 0 Å². The number of rotatable bonds is 3. The van der Waals surface area contributed by atoms with Gasteiger partial charge in [0, 0.05) is 6.54 Å². The van der Waals surface area contributed by atoms with Crippen molar-refractivity contribution in [2.24, 2.45) is 29.6 Å². The van der Waals surface area contributed by atoms with Crippen LogP contribution in [0, 0.1) is 29.6 Å². The van der Waals surface area contributed by atoms with Crippen molar-refractivity contribution in [1.29, 1.82) is 0 Å². The van der Waals surface area contributed by atoms with Gasteiger partial charge in [-0.25, -0.2) is 0 Å². The summed E-state index contributed by atoms with van der Waals surface area (Å²) < 4.78 is 0. The van der Waals surface area contributed by atoms with Crippen LogP contribution in [0.3, 0.4) is 0 Å². The molecule has 0 radical (unpaired) electrons. The van der Waals surface area contributed by atoms with Gasteiger partial charge in [0.2, 0.25) is 0 Å². The summed E-state index contributed by atoms with van der Waals surface area (Å²) >= 11 is 0. The number of nitrogens with one attached hydrogen (secondary N) is 1. The molecule has 0 spiro atoms. The molecule has 2 nitrogen and oxygen atoms in total. The van der Waals surface area contributed by atoms with Crippen LogP contribution in [0.25, 0.3) is 0 Å². The molecular formula is C17H24N2. The quantitative estimate of drug-likeness (QED) is 0.808. The van der Waals surface area contributed by atoms with E-state index in [0.29, 0.717) is 0 Å². The van der Waals surface area contributed by atoms with E-state index >= 15 is 0 Å². The van der Waals surface area contributed by atoms with Crippen molar-refractivity contribution in [3.8, 4) is 0 Å². The first-order chi connectivity index (χ1) is 9.29. The van der Waals surface area contributed by atoms with Gasteiger partial charge < -0.3 is 11.1 Å². The van der Waals surface area contributed by atoms with Gasteiger partial charge in [0.15, 0.2) is 0 Å². The molecule has 0 amide bonds. The highest BCUT2D eigenvalue weighted by Gasteiger charge is 2.47. The smallest absolute Gasteiger partial charge is 0.0574 e. The van der Waals surface area contributed by atoms with E-state index in [1.165, 1.54) is 25.7 Å². The number of hydrogen-bond donors (Lipinski definition) is 2. The highest BCUT2D eigenvalue weighted by atomic mass is 14.9. The fraction of sp³-hybridized carbons (Fsp3) is 0.647. The van der Waals surface area contributed by atoms with Gasteiger partial charge in [-0.15, -0.1) is 0 Å². The molecule has 0 heterocycles. The minimum Gasteiger partial charge on any atom is -0.397 e. The van der Waals surface area contributed by atoms with E-state index in [9.17, 15) is 0 Å². The van der Waals surface area contributed by atoms with Gasteiger partial charge in [0.25, 0.3) is 0 Å². The fourth-order valence-electron chi connectivity index (χ4n) is 5.26. The van der Waals surface area contributed by atoms with Gasteiger partial charge in [-0.3, -0.25) is 0 Å². The summed E-state index contributed by atoms with van der Waals surface area (Å²) in [5.41, 5.74) is 8.02. The van der Waals surface area contributed by atoms with E-state index in [0.717, 1.165) is 47.5 Å². The van der Waals surface area contributed by atoms with Crippen molar-refractivity contribution < 1.29 is 0 Å². The molecule has 5 rings (SSSR count). The summed E-state index contributed by atoms with van der Waals surface area (Å²) in [5, 5.41) is 3.62. The molecule has 4 bridgehead atoms. The number of hydrogen-bond acceptors (Lipinski definition) is 2. The molecule has 1 aromatic rings. The molecule has 2 heteroatoms. The second-order valence-corrected chi connectivity index (χ2v) is 7.06. The highest BCUT2D eigenvalue weighted by Crippen LogP contribution is 2.56. The summed E-state index contributed by atoms with van der Waals surface area (Å²) in [4.78, 5) is 0. The zero-order valence-corrected chi connectivity index (χ0v) is 11.5. The summed E-state index contributed by atoms with van der Waals surface area (Å²) in [6.07, 6.45) is 7.55. The lowest BCUT2D eigenvalue weighted by Gasteiger charge is -2.54. The molecule has 3 N–H and O–H groups in total. The lowest BCUT2D eigenvalue weighted by molar-refractivity contribution is -0.0305. The lowest BCUT2D eigenvalue weighted by Crippen LogP contribution is -2.47. The van der Waals surface area contributed by atoms with E-state index in [4.69, 9.17) is 5.73 Å². The monoisotopic (exact) mass is 256 g/mol. The Hall–Kier alpha value is -1.18. The molecule has 4 aliphatic rings. The molecule has 102 valence electrons. The predicted molar refractivity (Wildman–Crippen MR) is 79.9 cm³/mol. The topological polar surface area (TPSA) is 38.0 Å². The van der Waals surface area contributed by atoms with Crippen LogP contribution in [0.4, 0.5) is 11.4 Å². The van der Waals surface area contributed by atoms with E-state index in [2.05, 4.69) is 17.4 Å². The lowest BCUT2D eigenvalue weighted by atomic mass is 9.52. The third kappa shape index (κ3) is 2.01. The summed E-state index contributed by atoms with van der Waals surface area (Å²) in [6.45, 7) is 1.13. The van der Waals surface area contributed by atoms with Crippen molar-refractivity contribution in [2.75, 3.05) is 17.6 Å². The molecule has 1 aromatic carbocycles. The normalized spacial score (nSPS) is 39.5. The van der Waals surface area contributed by atoms with Crippen LogP contribution < -0.4 is 11.1 Å². The summed E-state index contributed by atoms with van der Waals surface area (Å²) in [7, 11) is 0. The average Bonchev–Trinajstić information content (AvgIpc) is 2.39. The molecule has 0 atom stereocenters. The van der Waals surface area contributed by atoms with Gasteiger partial charge in [-0.05, 0) is 73.8 Å². The van der Waals surface area contributed by atoms with Crippen LogP contribution in [0.2, 0.25) is 0 Å². The fourth-order valence-corrected chi connectivity index (χ4v) is 5.26. The molecule has 4 fully saturated rings. The van der Waals surface area contributed by atoms with E-state index in [-0.39, 0.29) is 0 Å². The third-order valence-electron chi connectivity index (χ3n) is 5.91. The Morgan fingerprint density at radius 2 is 1.58 bits per heavy atom. The van der Waals surface area contributed by atoms with Crippen molar-refractivity contribution >= 4 is 11.4 Å². The minimum atomic E-state index is 0.881. The number of benzene rings is 1. The largest absolute Gasteiger partial charge is 0.397 e. The van der Waals surface area contributed by atoms with Gasteiger partial charge in [0.05, 0.1) is 11.4 Å². The van der Waals surface area contributed by atoms with Crippen molar-refractivity contribution in [1.82, 2.24) is 0 Å². The molecule has 19 heavy (non-hydrogen) atoms. The van der Waals surface area contributed by atoms with Crippen LogP contribution in [-0.2, 0) is 0 Å². The summed E-state index contributed by atoms with van der Waals surface area (Å²) in [6, 6.07) is 8.16. The van der Waals surface area contributed by atoms with Crippen LogP contribution in [0.1, 0.15) is 32.1 Å². The van der Waals surface area contributed by atoms with Gasteiger partial charge >= 0.3 is 0 Å². The predicted octanol–water partition coefficient (Wildman–Crippen LogP) is 3.75. The zero-order chi connectivity index (χ0) is 12.8. The number of nitrogen functional groups attached to an aromatic ring is 1. The number of nitrogens with two attached hydrogens (primary N) is 1.